The number of thioether (sulfide) groups is 1. The van der Waals surface area contributed by atoms with Gasteiger partial charge in [0, 0.05) is 18.3 Å². The van der Waals surface area contributed by atoms with E-state index >= 15 is 0 Å². The molecule has 0 aromatic carbocycles. The molecule has 0 spiro atoms. The smallest absolute Gasteiger partial charge is 0.0664 e. The van der Waals surface area contributed by atoms with Gasteiger partial charge in [-0.3, -0.25) is 4.90 Å². The molecule has 0 aliphatic carbocycles. The summed E-state index contributed by atoms with van der Waals surface area (Å²) in [4.78, 5) is 2.39. The van der Waals surface area contributed by atoms with Crippen molar-refractivity contribution < 1.29 is 5.11 Å². The van der Waals surface area contributed by atoms with E-state index < -0.39 is 0 Å². The van der Waals surface area contributed by atoms with E-state index in [1.807, 2.05) is 18.7 Å². The van der Waals surface area contributed by atoms with Gasteiger partial charge in [0.05, 0.1) is 6.10 Å². The summed E-state index contributed by atoms with van der Waals surface area (Å²) in [7, 11) is 0. The van der Waals surface area contributed by atoms with Gasteiger partial charge in [0.2, 0.25) is 0 Å². The molecule has 0 saturated carbocycles. The zero-order valence-corrected chi connectivity index (χ0v) is 8.81. The molecule has 72 valence electrons. The van der Waals surface area contributed by atoms with E-state index in [9.17, 15) is 5.11 Å². The van der Waals surface area contributed by atoms with Crippen LogP contribution < -0.4 is 0 Å². The fraction of sp³-hybridized carbons (Fsp3) is 1.00. The van der Waals surface area contributed by atoms with Crippen LogP contribution in [0.2, 0.25) is 0 Å². The normalized spacial score (nSPS) is 26.2. The van der Waals surface area contributed by atoms with Gasteiger partial charge in [0.15, 0.2) is 0 Å². The molecule has 3 heteroatoms. The summed E-state index contributed by atoms with van der Waals surface area (Å²) in [6.07, 6.45) is 1.06. The minimum atomic E-state index is -0.201. The van der Waals surface area contributed by atoms with Gasteiger partial charge < -0.3 is 5.11 Å². The quantitative estimate of drug-likeness (QED) is 0.706. The molecule has 1 rings (SSSR count). The highest BCUT2D eigenvalue weighted by Gasteiger charge is 2.18. The number of hydrogen-bond acceptors (Lipinski definition) is 3. The summed E-state index contributed by atoms with van der Waals surface area (Å²) >= 11 is 2.03. The van der Waals surface area contributed by atoms with Crippen LogP contribution in [0, 0.1) is 0 Å². The molecule has 2 nitrogen and oxygen atoms in total. The Morgan fingerprint density at radius 3 is 2.67 bits per heavy atom. The second-order valence-electron chi connectivity index (χ2n) is 3.48. The summed E-state index contributed by atoms with van der Waals surface area (Å²) < 4.78 is 0. The Morgan fingerprint density at radius 1 is 1.25 bits per heavy atom. The van der Waals surface area contributed by atoms with E-state index in [0.717, 1.165) is 13.1 Å². The topological polar surface area (TPSA) is 23.5 Å². The molecular weight excluding hydrogens is 170 g/mol. The number of nitrogens with zero attached hydrogens (tertiary/aromatic N) is 1. The molecule has 1 N–H and O–H groups in total. The van der Waals surface area contributed by atoms with Gasteiger partial charge in [-0.05, 0) is 32.6 Å². The van der Waals surface area contributed by atoms with Crippen molar-refractivity contribution in [1.29, 1.82) is 0 Å². The van der Waals surface area contributed by atoms with Crippen molar-refractivity contribution in [2.75, 3.05) is 24.6 Å². The number of aliphatic hydroxyl groups is 1. The van der Waals surface area contributed by atoms with E-state index in [-0.39, 0.29) is 6.10 Å². The van der Waals surface area contributed by atoms with E-state index in [1.165, 1.54) is 17.9 Å². The molecule has 2 atom stereocenters. The van der Waals surface area contributed by atoms with Crippen LogP contribution in [-0.4, -0.2) is 46.7 Å². The molecule has 0 radical (unpaired) electrons. The molecule has 12 heavy (non-hydrogen) atoms. The fourth-order valence-corrected chi connectivity index (χ4v) is 2.38. The fourth-order valence-electron chi connectivity index (χ4n) is 1.48. The molecule has 1 heterocycles. The molecule has 0 amide bonds. The average Bonchev–Trinajstić information content (AvgIpc) is 2.30. The third-order valence-electron chi connectivity index (χ3n) is 2.53. The maximum atomic E-state index is 9.42. The van der Waals surface area contributed by atoms with Gasteiger partial charge in [-0.1, -0.05) is 0 Å². The third kappa shape index (κ3) is 2.96. The minimum absolute atomic E-state index is 0.201. The maximum absolute atomic E-state index is 9.42. The van der Waals surface area contributed by atoms with Gasteiger partial charge in [-0.25, -0.2) is 0 Å². The Bertz CT molecular complexity index is 122. The zero-order valence-electron chi connectivity index (χ0n) is 7.99. The lowest BCUT2D eigenvalue weighted by atomic mass is 10.2. The molecule has 1 aliphatic heterocycles. The second-order valence-corrected chi connectivity index (χ2v) is 4.71. The lowest BCUT2D eigenvalue weighted by molar-refractivity contribution is 0.0757. The van der Waals surface area contributed by atoms with E-state index in [2.05, 4.69) is 11.8 Å². The average molecular weight is 189 g/mol. The highest BCUT2D eigenvalue weighted by molar-refractivity contribution is 7.99. The highest BCUT2D eigenvalue weighted by Crippen LogP contribution is 2.13. The molecule has 0 bridgehead atoms. The predicted molar refractivity (Wildman–Crippen MR) is 54.7 cm³/mol. The van der Waals surface area contributed by atoms with Crippen LogP contribution in [0.1, 0.15) is 20.3 Å². The van der Waals surface area contributed by atoms with Crippen LogP contribution in [0.3, 0.4) is 0 Å². The van der Waals surface area contributed by atoms with Crippen molar-refractivity contribution in [3.63, 3.8) is 0 Å². The molecule has 1 saturated heterocycles. The van der Waals surface area contributed by atoms with Gasteiger partial charge >= 0.3 is 0 Å². The van der Waals surface area contributed by atoms with Crippen LogP contribution >= 0.6 is 11.8 Å². The first kappa shape index (κ1) is 10.4. The lowest BCUT2D eigenvalue weighted by Crippen LogP contribution is -2.41. The van der Waals surface area contributed by atoms with Crippen LogP contribution in [-0.2, 0) is 0 Å². The second kappa shape index (κ2) is 5.10. The van der Waals surface area contributed by atoms with Crippen LogP contribution in [0.25, 0.3) is 0 Å². The molecule has 0 aromatic heterocycles. The molecule has 1 aliphatic rings. The maximum Gasteiger partial charge on any atom is 0.0664 e. The van der Waals surface area contributed by atoms with Crippen LogP contribution in [0.15, 0.2) is 0 Å². The van der Waals surface area contributed by atoms with Crippen LogP contribution in [0.5, 0.6) is 0 Å². The summed E-state index contributed by atoms with van der Waals surface area (Å²) in [5.41, 5.74) is 0. The minimum Gasteiger partial charge on any atom is -0.392 e. The van der Waals surface area contributed by atoms with Crippen molar-refractivity contribution in [3.8, 4) is 0 Å². The summed E-state index contributed by atoms with van der Waals surface area (Å²) in [6, 6.07) is 0.323. The van der Waals surface area contributed by atoms with Crippen molar-refractivity contribution in [2.24, 2.45) is 0 Å². The van der Waals surface area contributed by atoms with E-state index in [0.29, 0.717) is 6.04 Å². The van der Waals surface area contributed by atoms with Gasteiger partial charge in [-0.2, -0.15) is 11.8 Å². The van der Waals surface area contributed by atoms with Crippen LogP contribution in [0.4, 0.5) is 0 Å². The van der Waals surface area contributed by atoms with Crippen molar-refractivity contribution in [1.82, 2.24) is 4.90 Å². The molecule has 2 unspecified atom stereocenters. The summed E-state index contributed by atoms with van der Waals surface area (Å²) in [5, 5.41) is 9.42. The summed E-state index contributed by atoms with van der Waals surface area (Å²) in [5.74, 6) is 2.50. The SMILES string of the molecule is CC(O)C(C)N1CCCSCC1. The van der Waals surface area contributed by atoms with Gasteiger partial charge in [-0.15, -0.1) is 0 Å². The highest BCUT2D eigenvalue weighted by atomic mass is 32.2. The Hall–Kier alpha value is 0.270. The lowest BCUT2D eigenvalue weighted by Gasteiger charge is -2.29. The number of hydrogen-bond donors (Lipinski definition) is 1. The van der Waals surface area contributed by atoms with E-state index in [1.54, 1.807) is 0 Å². The zero-order chi connectivity index (χ0) is 8.97. The van der Waals surface area contributed by atoms with E-state index in [4.69, 9.17) is 0 Å². The summed E-state index contributed by atoms with van der Waals surface area (Å²) in [6.45, 7) is 6.28. The van der Waals surface area contributed by atoms with Crippen molar-refractivity contribution in [3.05, 3.63) is 0 Å². The Balaban J connectivity index is 2.37. The molecular formula is C9H19NOS. The van der Waals surface area contributed by atoms with Gasteiger partial charge in [0.25, 0.3) is 0 Å². The first-order chi connectivity index (χ1) is 5.72. The Kier molecular flexibility index (Phi) is 4.40. The monoisotopic (exact) mass is 189 g/mol. The number of aliphatic hydroxyl groups excluding tert-OH is 1. The standard InChI is InChI=1S/C9H19NOS/c1-8(9(2)11)10-4-3-6-12-7-5-10/h8-9,11H,3-7H2,1-2H3. The van der Waals surface area contributed by atoms with Crippen molar-refractivity contribution >= 4 is 11.8 Å². The Labute approximate surface area is 79.3 Å². The first-order valence-corrected chi connectivity index (χ1v) is 5.87. The first-order valence-electron chi connectivity index (χ1n) is 4.71. The molecule has 0 aromatic rings. The van der Waals surface area contributed by atoms with Gasteiger partial charge in [0.1, 0.15) is 0 Å². The van der Waals surface area contributed by atoms with Crippen molar-refractivity contribution in [2.45, 2.75) is 32.4 Å². The molecule has 1 fully saturated rings. The number of rotatable bonds is 2. The predicted octanol–water partition coefficient (Wildman–Crippen LogP) is 1.19. The Morgan fingerprint density at radius 2 is 2.00 bits per heavy atom. The third-order valence-corrected chi connectivity index (χ3v) is 3.58. The largest absolute Gasteiger partial charge is 0.392 e.